The monoisotopic (exact) mass is 342 g/mol. The number of benzene rings is 1. The standard InChI is InChI=1S/C16H24BrFN2/c1-10(2)11-3-5-12(6-4-11)16(20-19)14-9-13(17)7-8-15(14)18/h7-12,16,20H,3-6,19H2,1-2H3. The number of nitrogens with two attached hydrogens (primary N) is 1. The highest BCUT2D eigenvalue weighted by atomic mass is 79.9. The van der Waals surface area contributed by atoms with Gasteiger partial charge in [-0.25, -0.2) is 4.39 Å². The number of halogens is 2. The van der Waals surface area contributed by atoms with Crippen molar-refractivity contribution in [1.29, 1.82) is 0 Å². The number of hydrazine groups is 1. The minimum absolute atomic E-state index is 0.0967. The highest BCUT2D eigenvalue weighted by molar-refractivity contribution is 9.10. The van der Waals surface area contributed by atoms with E-state index in [9.17, 15) is 4.39 Å². The van der Waals surface area contributed by atoms with E-state index in [-0.39, 0.29) is 11.9 Å². The molecule has 20 heavy (non-hydrogen) atoms. The maximum atomic E-state index is 14.1. The summed E-state index contributed by atoms with van der Waals surface area (Å²) in [6.07, 6.45) is 4.67. The molecule has 1 unspecified atom stereocenters. The Bertz CT molecular complexity index is 442. The minimum atomic E-state index is -0.179. The zero-order valence-electron chi connectivity index (χ0n) is 12.2. The molecular weight excluding hydrogens is 319 g/mol. The molecule has 1 aliphatic carbocycles. The van der Waals surface area contributed by atoms with Gasteiger partial charge in [0.25, 0.3) is 0 Å². The molecule has 0 saturated heterocycles. The summed E-state index contributed by atoms with van der Waals surface area (Å²) in [5.41, 5.74) is 3.52. The fourth-order valence-corrected chi connectivity index (χ4v) is 3.76. The smallest absolute Gasteiger partial charge is 0.128 e. The van der Waals surface area contributed by atoms with Gasteiger partial charge in [-0.15, -0.1) is 0 Å². The summed E-state index contributed by atoms with van der Waals surface area (Å²) in [4.78, 5) is 0. The van der Waals surface area contributed by atoms with Crippen molar-refractivity contribution in [2.24, 2.45) is 23.6 Å². The van der Waals surface area contributed by atoms with Gasteiger partial charge in [0.1, 0.15) is 5.82 Å². The lowest BCUT2D eigenvalue weighted by Gasteiger charge is -2.35. The highest BCUT2D eigenvalue weighted by Crippen LogP contribution is 2.40. The minimum Gasteiger partial charge on any atom is -0.271 e. The van der Waals surface area contributed by atoms with E-state index in [1.807, 2.05) is 6.07 Å². The Labute approximate surface area is 129 Å². The Balaban J connectivity index is 2.11. The first kappa shape index (κ1) is 15.9. The predicted molar refractivity (Wildman–Crippen MR) is 84.5 cm³/mol. The number of hydrogen-bond donors (Lipinski definition) is 2. The Morgan fingerprint density at radius 1 is 1.20 bits per heavy atom. The molecule has 1 aliphatic rings. The van der Waals surface area contributed by atoms with Crippen LogP contribution >= 0.6 is 15.9 Å². The molecular formula is C16H24BrFN2. The maximum absolute atomic E-state index is 14.1. The zero-order chi connectivity index (χ0) is 14.7. The fraction of sp³-hybridized carbons (Fsp3) is 0.625. The summed E-state index contributed by atoms with van der Waals surface area (Å²) in [7, 11) is 0. The Kier molecular flexibility index (Phi) is 5.58. The van der Waals surface area contributed by atoms with Gasteiger partial charge in [0, 0.05) is 10.0 Å². The molecule has 0 aromatic heterocycles. The molecule has 1 aromatic carbocycles. The molecule has 2 nitrogen and oxygen atoms in total. The first-order chi connectivity index (χ1) is 9.52. The van der Waals surface area contributed by atoms with Crippen LogP contribution in [-0.4, -0.2) is 0 Å². The summed E-state index contributed by atoms with van der Waals surface area (Å²) < 4.78 is 14.9. The van der Waals surface area contributed by atoms with Crippen molar-refractivity contribution in [2.45, 2.75) is 45.6 Å². The van der Waals surface area contributed by atoms with Crippen molar-refractivity contribution in [3.05, 3.63) is 34.1 Å². The quantitative estimate of drug-likeness (QED) is 0.621. The van der Waals surface area contributed by atoms with Gasteiger partial charge < -0.3 is 0 Å². The molecule has 0 spiro atoms. The van der Waals surface area contributed by atoms with Crippen molar-refractivity contribution >= 4 is 15.9 Å². The first-order valence-electron chi connectivity index (χ1n) is 7.44. The number of nitrogens with one attached hydrogen (secondary N) is 1. The Morgan fingerprint density at radius 2 is 1.80 bits per heavy atom. The first-order valence-corrected chi connectivity index (χ1v) is 8.23. The van der Waals surface area contributed by atoms with Gasteiger partial charge in [-0.3, -0.25) is 11.3 Å². The Hall–Kier alpha value is -0.450. The van der Waals surface area contributed by atoms with Crippen molar-refractivity contribution in [3.8, 4) is 0 Å². The van der Waals surface area contributed by atoms with Crippen LogP contribution < -0.4 is 11.3 Å². The molecule has 3 N–H and O–H groups in total. The van der Waals surface area contributed by atoms with Crippen LogP contribution in [0.15, 0.2) is 22.7 Å². The van der Waals surface area contributed by atoms with Crippen molar-refractivity contribution in [2.75, 3.05) is 0 Å². The van der Waals surface area contributed by atoms with E-state index in [1.54, 1.807) is 6.07 Å². The SMILES string of the molecule is CC(C)C1CCC(C(NN)c2cc(Br)ccc2F)CC1. The molecule has 0 radical (unpaired) electrons. The van der Waals surface area contributed by atoms with Gasteiger partial charge in [-0.1, -0.05) is 29.8 Å². The summed E-state index contributed by atoms with van der Waals surface area (Å²) in [6, 6.07) is 4.97. The van der Waals surface area contributed by atoms with Gasteiger partial charge in [-0.2, -0.15) is 0 Å². The maximum Gasteiger partial charge on any atom is 0.128 e. The summed E-state index contributed by atoms with van der Waals surface area (Å²) in [5.74, 6) is 7.50. The number of rotatable bonds is 4. The summed E-state index contributed by atoms with van der Waals surface area (Å²) in [6.45, 7) is 4.58. The molecule has 1 aromatic rings. The Morgan fingerprint density at radius 3 is 2.35 bits per heavy atom. The van der Waals surface area contributed by atoms with Crippen LogP contribution in [-0.2, 0) is 0 Å². The van der Waals surface area contributed by atoms with Gasteiger partial charge in [0.15, 0.2) is 0 Å². The highest BCUT2D eigenvalue weighted by Gasteiger charge is 2.30. The van der Waals surface area contributed by atoms with Crippen LogP contribution in [0.1, 0.15) is 51.1 Å². The molecule has 4 heteroatoms. The summed E-state index contributed by atoms with van der Waals surface area (Å²) >= 11 is 3.41. The normalized spacial score (nSPS) is 24.9. The second kappa shape index (κ2) is 7.01. The molecule has 112 valence electrons. The van der Waals surface area contributed by atoms with E-state index in [0.717, 1.165) is 29.2 Å². The van der Waals surface area contributed by atoms with Gasteiger partial charge in [-0.05, 0) is 61.6 Å². The molecule has 1 fully saturated rings. The van der Waals surface area contributed by atoms with E-state index in [1.165, 1.54) is 18.9 Å². The van der Waals surface area contributed by atoms with Gasteiger partial charge >= 0.3 is 0 Å². The second-order valence-corrected chi connectivity index (χ2v) is 7.14. The van der Waals surface area contributed by atoms with E-state index < -0.39 is 0 Å². The molecule has 0 bridgehead atoms. The van der Waals surface area contributed by atoms with E-state index in [4.69, 9.17) is 5.84 Å². The third-order valence-corrected chi connectivity index (χ3v) is 5.20. The van der Waals surface area contributed by atoms with E-state index in [2.05, 4.69) is 35.2 Å². The molecule has 0 heterocycles. The molecule has 0 aliphatic heterocycles. The van der Waals surface area contributed by atoms with Gasteiger partial charge in [0.2, 0.25) is 0 Å². The largest absolute Gasteiger partial charge is 0.271 e. The van der Waals surface area contributed by atoms with E-state index >= 15 is 0 Å². The number of hydrogen-bond acceptors (Lipinski definition) is 2. The fourth-order valence-electron chi connectivity index (χ4n) is 3.38. The second-order valence-electron chi connectivity index (χ2n) is 6.23. The topological polar surface area (TPSA) is 38.0 Å². The third kappa shape index (κ3) is 3.60. The zero-order valence-corrected chi connectivity index (χ0v) is 13.8. The van der Waals surface area contributed by atoms with Crippen molar-refractivity contribution in [3.63, 3.8) is 0 Å². The summed E-state index contributed by atoms with van der Waals surface area (Å²) in [5, 5.41) is 0. The predicted octanol–water partition coefficient (Wildman–Crippen LogP) is 4.56. The third-order valence-electron chi connectivity index (χ3n) is 4.70. The molecule has 1 atom stereocenters. The lowest BCUT2D eigenvalue weighted by Crippen LogP contribution is -2.36. The average Bonchev–Trinajstić information content (AvgIpc) is 2.44. The van der Waals surface area contributed by atoms with Crippen LogP contribution in [0.2, 0.25) is 0 Å². The van der Waals surface area contributed by atoms with Crippen molar-refractivity contribution in [1.82, 2.24) is 5.43 Å². The van der Waals surface area contributed by atoms with Crippen LogP contribution in [0.4, 0.5) is 4.39 Å². The van der Waals surface area contributed by atoms with Gasteiger partial charge in [0.05, 0.1) is 6.04 Å². The molecule has 1 saturated carbocycles. The van der Waals surface area contributed by atoms with Crippen LogP contribution in [0.25, 0.3) is 0 Å². The van der Waals surface area contributed by atoms with Crippen LogP contribution in [0.3, 0.4) is 0 Å². The molecule has 0 amide bonds. The van der Waals surface area contributed by atoms with Crippen molar-refractivity contribution < 1.29 is 4.39 Å². The van der Waals surface area contributed by atoms with Crippen LogP contribution in [0, 0.1) is 23.6 Å². The van der Waals surface area contributed by atoms with Crippen LogP contribution in [0.5, 0.6) is 0 Å². The average molecular weight is 343 g/mol. The lowest BCUT2D eigenvalue weighted by molar-refractivity contribution is 0.187. The van der Waals surface area contributed by atoms with E-state index in [0.29, 0.717) is 11.5 Å². The molecule has 2 rings (SSSR count). The lowest BCUT2D eigenvalue weighted by atomic mass is 9.73.